The molecule has 0 saturated heterocycles. The average molecular weight is 329 g/mol. The SMILES string of the molecule is O=C(O)C1C=CC=CC1(Oc1ccccc1C(F)(F)F)[N+](=O)[O-]. The van der Waals surface area contributed by atoms with Gasteiger partial charge >= 0.3 is 17.9 Å². The van der Waals surface area contributed by atoms with E-state index in [-0.39, 0.29) is 0 Å². The Bertz CT molecular complexity index is 698. The number of hydrogen-bond acceptors (Lipinski definition) is 4. The van der Waals surface area contributed by atoms with Crippen molar-refractivity contribution < 1.29 is 32.7 Å². The summed E-state index contributed by atoms with van der Waals surface area (Å²) in [6, 6.07) is 3.90. The number of nitrogens with zero attached hydrogens (tertiary/aromatic N) is 1. The van der Waals surface area contributed by atoms with Crippen molar-refractivity contribution in [3.63, 3.8) is 0 Å². The van der Waals surface area contributed by atoms with Crippen LogP contribution in [0.4, 0.5) is 13.2 Å². The number of rotatable bonds is 4. The van der Waals surface area contributed by atoms with Gasteiger partial charge in [-0.2, -0.15) is 13.2 Å². The van der Waals surface area contributed by atoms with Gasteiger partial charge in [0.15, 0.2) is 5.92 Å². The molecule has 1 aromatic carbocycles. The molecule has 6 nitrogen and oxygen atoms in total. The lowest BCUT2D eigenvalue weighted by Crippen LogP contribution is -2.52. The van der Waals surface area contributed by atoms with E-state index < -0.39 is 40.0 Å². The first kappa shape index (κ1) is 16.5. The lowest BCUT2D eigenvalue weighted by Gasteiger charge is -2.29. The molecule has 122 valence electrons. The second kappa shape index (κ2) is 5.75. The minimum absolute atomic E-state index is 0.696. The number of alkyl halides is 3. The molecule has 0 fully saturated rings. The summed E-state index contributed by atoms with van der Waals surface area (Å²) in [4.78, 5) is 21.6. The number of carboxylic acids is 1. The highest BCUT2D eigenvalue weighted by Crippen LogP contribution is 2.39. The van der Waals surface area contributed by atoms with Gasteiger partial charge in [0.05, 0.1) is 10.5 Å². The number of carboxylic acid groups (broad SMARTS) is 1. The molecule has 0 aliphatic heterocycles. The molecule has 0 bridgehead atoms. The largest absolute Gasteiger partial charge is 0.480 e. The molecular formula is C14H10F3NO5. The van der Waals surface area contributed by atoms with Crippen molar-refractivity contribution in [2.75, 3.05) is 0 Å². The summed E-state index contributed by atoms with van der Waals surface area (Å²) in [5, 5.41) is 20.5. The molecule has 1 aliphatic rings. The van der Waals surface area contributed by atoms with E-state index in [1.54, 1.807) is 0 Å². The van der Waals surface area contributed by atoms with Crippen LogP contribution in [0.25, 0.3) is 0 Å². The Morgan fingerprint density at radius 1 is 1.30 bits per heavy atom. The first-order chi connectivity index (χ1) is 10.7. The minimum Gasteiger partial charge on any atom is -0.480 e. The monoisotopic (exact) mass is 329 g/mol. The van der Waals surface area contributed by atoms with E-state index in [1.807, 2.05) is 0 Å². The Morgan fingerprint density at radius 3 is 2.52 bits per heavy atom. The highest BCUT2D eigenvalue weighted by molar-refractivity contribution is 5.74. The molecule has 1 aliphatic carbocycles. The average Bonchev–Trinajstić information content (AvgIpc) is 2.46. The third-order valence-corrected chi connectivity index (χ3v) is 3.21. The third-order valence-electron chi connectivity index (χ3n) is 3.21. The van der Waals surface area contributed by atoms with Gasteiger partial charge in [-0.15, -0.1) is 0 Å². The van der Waals surface area contributed by atoms with Gasteiger partial charge in [0, 0.05) is 6.08 Å². The summed E-state index contributed by atoms with van der Waals surface area (Å²) in [5.74, 6) is -4.18. The molecule has 2 unspecified atom stereocenters. The van der Waals surface area contributed by atoms with Gasteiger partial charge in [-0.25, -0.2) is 0 Å². The molecule has 2 rings (SSSR count). The number of ether oxygens (including phenoxy) is 1. The summed E-state index contributed by atoms with van der Waals surface area (Å²) < 4.78 is 44.0. The Balaban J connectivity index is 2.54. The molecule has 9 heteroatoms. The van der Waals surface area contributed by atoms with Crippen LogP contribution in [-0.2, 0) is 11.0 Å². The highest BCUT2D eigenvalue weighted by Gasteiger charge is 2.56. The smallest absolute Gasteiger partial charge is 0.419 e. The van der Waals surface area contributed by atoms with Crippen LogP contribution in [0.15, 0.2) is 48.6 Å². The zero-order valence-electron chi connectivity index (χ0n) is 11.4. The lowest BCUT2D eigenvalue weighted by atomic mass is 9.91. The van der Waals surface area contributed by atoms with E-state index in [9.17, 15) is 28.1 Å². The molecule has 2 atom stereocenters. The minimum atomic E-state index is -4.80. The van der Waals surface area contributed by atoms with Gasteiger partial charge in [-0.05, 0) is 12.1 Å². The van der Waals surface area contributed by atoms with Crippen molar-refractivity contribution in [3.8, 4) is 5.75 Å². The van der Waals surface area contributed by atoms with E-state index in [2.05, 4.69) is 0 Å². The highest BCUT2D eigenvalue weighted by atomic mass is 19.4. The zero-order valence-corrected chi connectivity index (χ0v) is 11.4. The van der Waals surface area contributed by atoms with Crippen molar-refractivity contribution in [1.29, 1.82) is 0 Å². The number of para-hydroxylation sites is 1. The molecule has 0 heterocycles. The number of hydrogen-bond donors (Lipinski definition) is 1. The van der Waals surface area contributed by atoms with Crippen LogP contribution in [0.3, 0.4) is 0 Å². The molecule has 1 aromatic rings. The molecule has 1 N–H and O–H groups in total. The second-order valence-electron chi connectivity index (χ2n) is 4.66. The number of allylic oxidation sites excluding steroid dienone is 2. The second-order valence-corrected chi connectivity index (χ2v) is 4.66. The normalized spacial score (nSPS) is 23.5. The maximum atomic E-state index is 13.0. The first-order valence-electron chi connectivity index (χ1n) is 6.27. The predicted molar refractivity (Wildman–Crippen MR) is 71.2 cm³/mol. The number of halogens is 3. The van der Waals surface area contributed by atoms with Crippen LogP contribution >= 0.6 is 0 Å². The summed E-state index contributed by atoms with van der Waals surface area (Å²) in [7, 11) is 0. The Morgan fingerprint density at radius 2 is 1.96 bits per heavy atom. The van der Waals surface area contributed by atoms with Gasteiger partial charge in [0.25, 0.3) is 0 Å². The van der Waals surface area contributed by atoms with Gasteiger partial charge in [0.2, 0.25) is 0 Å². The van der Waals surface area contributed by atoms with Crippen molar-refractivity contribution >= 4 is 5.97 Å². The molecule has 0 radical (unpaired) electrons. The maximum Gasteiger partial charge on any atom is 0.419 e. The first-order valence-corrected chi connectivity index (χ1v) is 6.27. The molecule has 23 heavy (non-hydrogen) atoms. The van der Waals surface area contributed by atoms with Crippen molar-refractivity contribution in [2.24, 2.45) is 5.92 Å². The van der Waals surface area contributed by atoms with Crippen LogP contribution in [-0.4, -0.2) is 21.7 Å². The third kappa shape index (κ3) is 3.03. The Kier molecular flexibility index (Phi) is 4.13. The quantitative estimate of drug-likeness (QED) is 0.521. The number of aliphatic carboxylic acids is 1. The van der Waals surface area contributed by atoms with Gasteiger partial charge in [0.1, 0.15) is 5.75 Å². The predicted octanol–water partition coefficient (Wildman–Crippen LogP) is 2.88. The number of nitro groups is 1. The van der Waals surface area contributed by atoms with Gasteiger partial charge < -0.3 is 9.84 Å². The fraction of sp³-hybridized carbons (Fsp3) is 0.214. The van der Waals surface area contributed by atoms with Crippen LogP contribution in [0.2, 0.25) is 0 Å². The molecular weight excluding hydrogens is 319 g/mol. The van der Waals surface area contributed by atoms with Crippen LogP contribution in [0.1, 0.15) is 5.56 Å². The fourth-order valence-corrected chi connectivity index (χ4v) is 2.14. The zero-order chi connectivity index (χ0) is 17.3. The maximum absolute atomic E-state index is 13.0. The van der Waals surface area contributed by atoms with Crippen molar-refractivity contribution in [1.82, 2.24) is 0 Å². The van der Waals surface area contributed by atoms with E-state index >= 15 is 0 Å². The van der Waals surface area contributed by atoms with E-state index in [0.29, 0.717) is 6.07 Å². The van der Waals surface area contributed by atoms with Crippen LogP contribution in [0.5, 0.6) is 5.75 Å². The standard InChI is InChI=1S/C14H10F3NO5/c15-14(16,17)9-5-1-2-7-11(9)23-13(18(21)22)8-4-3-6-10(13)12(19)20/h1-8,10H,(H,19,20). The number of benzene rings is 1. The molecule has 0 saturated carbocycles. The topological polar surface area (TPSA) is 89.7 Å². The van der Waals surface area contributed by atoms with Crippen molar-refractivity contribution in [3.05, 3.63) is 64.2 Å². The van der Waals surface area contributed by atoms with Crippen LogP contribution < -0.4 is 4.74 Å². The summed E-state index contributed by atoms with van der Waals surface area (Å²) in [6.07, 6.45) is -0.598. The summed E-state index contributed by atoms with van der Waals surface area (Å²) >= 11 is 0. The van der Waals surface area contributed by atoms with E-state index in [0.717, 1.165) is 30.4 Å². The lowest BCUT2D eigenvalue weighted by molar-refractivity contribution is -0.605. The van der Waals surface area contributed by atoms with Crippen LogP contribution in [0, 0.1) is 16.0 Å². The molecule has 0 spiro atoms. The summed E-state index contributed by atoms with van der Waals surface area (Å²) in [5.41, 5.74) is -3.89. The van der Waals surface area contributed by atoms with Gasteiger partial charge in [-0.1, -0.05) is 30.4 Å². The van der Waals surface area contributed by atoms with Crippen molar-refractivity contribution in [2.45, 2.75) is 11.9 Å². The Labute approximate surface area is 127 Å². The van der Waals surface area contributed by atoms with E-state index in [4.69, 9.17) is 9.84 Å². The molecule has 0 amide bonds. The van der Waals surface area contributed by atoms with E-state index in [1.165, 1.54) is 12.1 Å². The summed E-state index contributed by atoms with van der Waals surface area (Å²) in [6.45, 7) is 0. The Hall–Kier alpha value is -2.84. The van der Waals surface area contributed by atoms with Gasteiger partial charge in [-0.3, -0.25) is 14.9 Å². The number of carbonyl (C=O) groups is 1. The molecule has 0 aromatic heterocycles. The fourth-order valence-electron chi connectivity index (χ4n) is 2.14.